The van der Waals surface area contributed by atoms with E-state index >= 15 is 0 Å². The fourth-order valence-electron chi connectivity index (χ4n) is 2.04. The van der Waals surface area contributed by atoms with Gasteiger partial charge in [0.15, 0.2) is 0 Å². The summed E-state index contributed by atoms with van der Waals surface area (Å²) >= 11 is 0. The van der Waals surface area contributed by atoms with Gasteiger partial charge in [0, 0.05) is 12.7 Å². The molecular formula is C14H16N2O2. The number of carboxylic acids is 1. The molecule has 0 bridgehead atoms. The maximum absolute atomic E-state index is 11.2. The summed E-state index contributed by atoms with van der Waals surface area (Å²) in [5.74, 6) is -1.29. The first-order valence-electron chi connectivity index (χ1n) is 5.99. The van der Waals surface area contributed by atoms with Crippen LogP contribution >= 0.6 is 0 Å². The van der Waals surface area contributed by atoms with E-state index in [0.29, 0.717) is 13.0 Å². The Labute approximate surface area is 106 Å². The third kappa shape index (κ3) is 2.59. The van der Waals surface area contributed by atoms with Crippen LogP contribution in [0.15, 0.2) is 42.9 Å². The molecule has 1 atom stereocenters. The van der Waals surface area contributed by atoms with Crippen LogP contribution in [0.5, 0.6) is 0 Å². The molecule has 1 aromatic heterocycles. The van der Waals surface area contributed by atoms with E-state index < -0.39 is 11.9 Å². The van der Waals surface area contributed by atoms with Crippen molar-refractivity contribution in [3.63, 3.8) is 0 Å². The lowest BCUT2D eigenvalue weighted by Gasteiger charge is -2.13. The van der Waals surface area contributed by atoms with E-state index in [1.807, 2.05) is 41.8 Å². The number of hydrogen-bond donors (Lipinski definition) is 1. The molecule has 0 aliphatic carbocycles. The second-order valence-electron chi connectivity index (χ2n) is 4.23. The fourth-order valence-corrected chi connectivity index (χ4v) is 2.04. The van der Waals surface area contributed by atoms with Gasteiger partial charge in [0.1, 0.15) is 0 Å². The van der Waals surface area contributed by atoms with Gasteiger partial charge in [-0.1, -0.05) is 37.3 Å². The summed E-state index contributed by atoms with van der Waals surface area (Å²) in [4.78, 5) is 15.3. The van der Waals surface area contributed by atoms with Gasteiger partial charge < -0.3 is 9.67 Å². The Kier molecular flexibility index (Phi) is 3.77. The van der Waals surface area contributed by atoms with Crippen molar-refractivity contribution in [3.8, 4) is 0 Å². The van der Waals surface area contributed by atoms with E-state index in [1.54, 1.807) is 12.5 Å². The highest BCUT2D eigenvalue weighted by Gasteiger charge is 2.21. The van der Waals surface area contributed by atoms with Crippen LogP contribution < -0.4 is 0 Å². The molecule has 0 radical (unpaired) electrons. The van der Waals surface area contributed by atoms with Crippen LogP contribution in [0.2, 0.25) is 0 Å². The standard InChI is InChI=1S/C14H16N2O2/c1-2-12(14(17)18)13-8-15-10-16(13)9-11-6-4-3-5-7-11/h3-8,10,12H,2,9H2,1H3,(H,17,18). The van der Waals surface area contributed by atoms with E-state index in [4.69, 9.17) is 0 Å². The first kappa shape index (κ1) is 12.4. The van der Waals surface area contributed by atoms with Gasteiger partial charge in [0.2, 0.25) is 0 Å². The molecule has 0 aliphatic rings. The Morgan fingerprint density at radius 2 is 2.11 bits per heavy atom. The summed E-state index contributed by atoms with van der Waals surface area (Å²) < 4.78 is 1.90. The lowest BCUT2D eigenvalue weighted by molar-refractivity contribution is -0.139. The topological polar surface area (TPSA) is 55.1 Å². The minimum Gasteiger partial charge on any atom is -0.481 e. The van der Waals surface area contributed by atoms with Crippen LogP contribution in [-0.4, -0.2) is 20.6 Å². The molecule has 18 heavy (non-hydrogen) atoms. The summed E-state index contributed by atoms with van der Waals surface area (Å²) in [6.07, 6.45) is 3.90. The van der Waals surface area contributed by atoms with E-state index in [2.05, 4.69) is 4.98 Å². The van der Waals surface area contributed by atoms with Crippen LogP contribution in [-0.2, 0) is 11.3 Å². The summed E-state index contributed by atoms with van der Waals surface area (Å²) in [6, 6.07) is 9.95. The van der Waals surface area contributed by atoms with Crippen LogP contribution in [0.3, 0.4) is 0 Å². The third-order valence-corrected chi connectivity index (χ3v) is 3.00. The molecule has 0 spiro atoms. The number of carboxylic acid groups (broad SMARTS) is 1. The second kappa shape index (κ2) is 5.49. The zero-order valence-corrected chi connectivity index (χ0v) is 10.3. The van der Waals surface area contributed by atoms with E-state index in [0.717, 1.165) is 11.3 Å². The SMILES string of the molecule is CCC(C(=O)O)c1cncn1Cc1ccccc1. The van der Waals surface area contributed by atoms with E-state index in [9.17, 15) is 9.90 Å². The summed E-state index contributed by atoms with van der Waals surface area (Å²) in [7, 11) is 0. The number of benzene rings is 1. The highest BCUT2D eigenvalue weighted by molar-refractivity contribution is 5.75. The molecule has 4 heteroatoms. The number of nitrogens with zero attached hydrogens (tertiary/aromatic N) is 2. The maximum Gasteiger partial charge on any atom is 0.312 e. The van der Waals surface area contributed by atoms with Crippen molar-refractivity contribution in [2.75, 3.05) is 0 Å². The molecule has 4 nitrogen and oxygen atoms in total. The Morgan fingerprint density at radius 1 is 1.39 bits per heavy atom. The minimum atomic E-state index is -0.799. The van der Waals surface area contributed by atoms with Crippen molar-refractivity contribution in [1.82, 2.24) is 9.55 Å². The van der Waals surface area contributed by atoms with E-state index in [1.165, 1.54) is 0 Å². The number of aromatic nitrogens is 2. The first-order chi connectivity index (χ1) is 8.72. The first-order valence-corrected chi connectivity index (χ1v) is 5.99. The number of hydrogen-bond acceptors (Lipinski definition) is 2. The normalized spacial score (nSPS) is 12.3. The van der Waals surface area contributed by atoms with Gasteiger partial charge in [-0.05, 0) is 12.0 Å². The Hall–Kier alpha value is -2.10. The predicted octanol–water partition coefficient (Wildman–Crippen LogP) is 2.51. The van der Waals surface area contributed by atoms with Crippen LogP contribution in [0, 0.1) is 0 Å². The molecule has 0 fully saturated rings. The molecule has 94 valence electrons. The van der Waals surface area contributed by atoms with Gasteiger partial charge in [0.05, 0.1) is 17.9 Å². The molecule has 0 saturated heterocycles. The molecule has 1 N–H and O–H groups in total. The van der Waals surface area contributed by atoms with Crippen molar-refractivity contribution in [2.24, 2.45) is 0 Å². The Bertz CT molecular complexity index is 520. The summed E-state index contributed by atoms with van der Waals surface area (Å²) in [5.41, 5.74) is 1.89. The highest BCUT2D eigenvalue weighted by atomic mass is 16.4. The number of rotatable bonds is 5. The number of imidazole rings is 1. The van der Waals surface area contributed by atoms with Crippen molar-refractivity contribution >= 4 is 5.97 Å². The Balaban J connectivity index is 2.25. The zero-order chi connectivity index (χ0) is 13.0. The lowest BCUT2D eigenvalue weighted by Crippen LogP contribution is -2.15. The van der Waals surface area contributed by atoms with Crippen LogP contribution in [0.1, 0.15) is 30.5 Å². The van der Waals surface area contributed by atoms with Crippen molar-refractivity contribution < 1.29 is 9.90 Å². The van der Waals surface area contributed by atoms with Gasteiger partial charge in [0.25, 0.3) is 0 Å². The minimum absolute atomic E-state index is 0.490. The molecule has 0 saturated carbocycles. The summed E-state index contributed by atoms with van der Waals surface area (Å²) in [6.45, 7) is 2.53. The molecule has 1 unspecified atom stereocenters. The Morgan fingerprint density at radius 3 is 2.72 bits per heavy atom. The molecule has 0 amide bonds. The quantitative estimate of drug-likeness (QED) is 0.879. The average molecular weight is 244 g/mol. The average Bonchev–Trinajstić information content (AvgIpc) is 2.79. The molecular weight excluding hydrogens is 228 g/mol. The second-order valence-corrected chi connectivity index (χ2v) is 4.23. The third-order valence-electron chi connectivity index (χ3n) is 3.00. The fraction of sp³-hybridized carbons (Fsp3) is 0.286. The van der Waals surface area contributed by atoms with Gasteiger partial charge in [-0.15, -0.1) is 0 Å². The van der Waals surface area contributed by atoms with Crippen molar-refractivity contribution in [1.29, 1.82) is 0 Å². The molecule has 1 aromatic carbocycles. The molecule has 2 rings (SSSR count). The smallest absolute Gasteiger partial charge is 0.312 e. The number of aliphatic carboxylic acids is 1. The van der Waals surface area contributed by atoms with Gasteiger partial charge in [-0.25, -0.2) is 4.98 Å². The van der Waals surface area contributed by atoms with E-state index in [-0.39, 0.29) is 0 Å². The predicted molar refractivity (Wildman–Crippen MR) is 68.4 cm³/mol. The lowest BCUT2D eigenvalue weighted by atomic mass is 10.0. The van der Waals surface area contributed by atoms with Gasteiger partial charge >= 0.3 is 5.97 Å². The zero-order valence-electron chi connectivity index (χ0n) is 10.3. The maximum atomic E-state index is 11.2. The highest BCUT2D eigenvalue weighted by Crippen LogP contribution is 2.20. The molecule has 1 heterocycles. The largest absolute Gasteiger partial charge is 0.481 e. The number of carbonyl (C=O) groups is 1. The van der Waals surface area contributed by atoms with Crippen LogP contribution in [0.25, 0.3) is 0 Å². The van der Waals surface area contributed by atoms with Crippen LogP contribution in [0.4, 0.5) is 0 Å². The molecule has 2 aromatic rings. The molecule has 0 aliphatic heterocycles. The van der Waals surface area contributed by atoms with Gasteiger partial charge in [-0.2, -0.15) is 0 Å². The monoisotopic (exact) mass is 244 g/mol. The van der Waals surface area contributed by atoms with Crippen molar-refractivity contribution in [3.05, 3.63) is 54.1 Å². The summed E-state index contributed by atoms with van der Waals surface area (Å²) in [5, 5.41) is 9.19. The van der Waals surface area contributed by atoms with Crippen molar-refractivity contribution in [2.45, 2.75) is 25.8 Å². The van der Waals surface area contributed by atoms with Gasteiger partial charge in [-0.3, -0.25) is 4.79 Å².